The molecule has 2 atom stereocenters. The van der Waals surface area contributed by atoms with Crippen molar-refractivity contribution in [2.75, 3.05) is 19.6 Å². The standard InChI is InChI=1S/C19H32N4.HI/c1-6-20-19(21-11-17-9-7-8-15(4)10-17)22-18-13-23(14(2)3)12-16(18)5;/h7-10,14,16,18H,6,11-13H2,1-5H3,(H2,20,21,22);1H. The molecular formula is C19H33IN4. The van der Waals surface area contributed by atoms with Crippen LogP contribution < -0.4 is 10.6 Å². The second kappa shape index (κ2) is 10.2. The number of aryl methyl sites for hydroxylation is 1. The van der Waals surface area contributed by atoms with E-state index < -0.39 is 0 Å². The third-order valence-electron chi connectivity index (χ3n) is 4.54. The van der Waals surface area contributed by atoms with Gasteiger partial charge in [0.15, 0.2) is 5.96 Å². The Bertz CT molecular complexity index is 530. The Hall–Kier alpha value is -0.820. The third-order valence-corrected chi connectivity index (χ3v) is 4.54. The van der Waals surface area contributed by atoms with E-state index in [0.717, 1.165) is 25.6 Å². The summed E-state index contributed by atoms with van der Waals surface area (Å²) in [5.41, 5.74) is 2.54. The number of nitrogens with zero attached hydrogens (tertiary/aromatic N) is 2. The van der Waals surface area contributed by atoms with Gasteiger partial charge in [-0.1, -0.05) is 36.8 Å². The highest BCUT2D eigenvalue weighted by Crippen LogP contribution is 2.18. The molecule has 1 fully saturated rings. The minimum atomic E-state index is 0. The van der Waals surface area contributed by atoms with Crippen LogP contribution >= 0.6 is 24.0 Å². The quantitative estimate of drug-likeness (QED) is 0.416. The molecule has 136 valence electrons. The topological polar surface area (TPSA) is 39.7 Å². The predicted octanol–water partition coefficient (Wildman–Crippen LogP) is 3.40. The van der Waals surface area contributed by atoms with Crippen LogP contribution in [0.2, 0.25) is 0 Å². The zero-order chi connectivity index (χ0) is 16.8. The van der Waals surface area contributed by atoms with Gasteiger partial charge in [0.2, 0.25) is 0 Å². The SMILES string of the molecule is CCNC(=NCc1cccc(C)c1)NC1CN(C(C)C)CC1C.I. The van der Waals surface area contributed by atoms with Gasteiger partial charge in [0.05, 0.1) is 6.54 Å². The Kier molecular flexibility index (Phi) is 9.05. The summed E-state index contributed by atoms with van der Waals surface area (Å²) in [4.78, 5) is 7.30. The first kappa shape index (κ1) is 21.2. The minimum Gasteiger partial charge on any atom is -0.357 e. The highest BCUT2D eigenvalue weighted by molar-refractivity contribution is 14.0. The van der Waals surface area contributed by atoms with Crippen molar-refractivity contribution in [3.05, 3.63) is 35.4 Å². The molecule has 5 heteroatoms. The monoisotopic (exact) mass is 444 g/mol. The summed E-state index contributed by atoms with van der Waals surface area (Å²) >= 11 is 0. The van der Waals surface area contributed by atoms with Gasteiger partial charge in [0.1, 0.15) is 0 Å². The minimum absolute atomic E-state index is 0. The van der Waals surface area contributed by atoms with Crippen LogP contribution in [0.15, 0.2) is 29.3 Å². The summed E-state index contributed by atoms with van der Waals surface area (Å²) in [7, 11) is 0. The molecule has 24 heavy (non-hydrogen) atoms. The predicted molar refractivity (Wildman–Crippen MR) is 114 cm³/mol. The van der Waals surface area contributed by atoms with Gasteiger partial charge in [-0.05, 0) is 39.2 Å². The molecule has 2 unspecified atom stereocenters. The molecule has 2 rings (SSSR count). The summed E-state index contributed by atoms with van der Waals surface area (Å²) in [5.74, 6) is 1.57. The van der Waals surface area contributed by atoms with E-state index in [1.54, 1.807) is 0 Å². The molecule has 2 N–H and O–H groups in total. The Morgan fingerprint density at radius 1 is 1.33 bits per heavy atom. The van der Waals surface area contributed by atoms with E-state index in [2.05, 4.69) is 74.4 Å². The number of aliphatic imine (C=N–C) groups is 1. The van der Waals surface area contributed by atoms with Crippen molar-refractivity contribution in [2.45, 2.75) is 53.2 Å². The van der Waals surface area contributed by atoms with Crippen molar-refractivity contribution >= 4 is 29.9 Å². The Labute approximate surface area is 164 Å². The fraction of sp³-hybridized carbons (Fsp3) is 0.632. The molecule has 1 heterocycles. The number of likely N-dealkylation sites (tertiary alicyclic amines) is 1. The molecule has 1 aliphatic rings. The third kappa shape index (κ3) is 6.24. The molecule has 0 saturated carbocycles. The van der Waals surface area contributed by atoms with Crippen molar-refractivity contribution in [2.24, 2.45) is 10.9 Å². The summed E-state index contributed by atoms with van der Waals surface area (Å²) in [6, 6.07) is 9.63. The van der Waals surface area contributed by atoms with E-state index in [1.165, 1.54) is 11.1 Å². The number of halogens is 1. The lowest BCUT2D eigenvalue weighted by atomic mass is 10.1. The average molecular weight is 444 g/mol. The van der Waals surface area contributed by atoms with Crippen LogP contribution in [0.5, 0.6) is 0 Å². The maximum absolute atomic E-state index is 4.77. The molecule has 0 bridgehead atoms. The first-order valence-corrected chi connectivity index (χ1v) is 8.84. The first-order chi connectivity index (χ1) is 11.0. The lowest BCUT2D eigenvalue weighted by Crippen LogP contribution is -2.46. The second-order valence-corrected chi connectivity index (χ2v) is 6.96. The fourth-order valence-electron chi connectivity index (χ4n) is 3.09. The number of guanidine groups is 1. The molecule has 0 aliphatic carbocycles. The van der Waals surface area contributed by atoms with E-state index in [1.807, 2.05) is 0 Å². The summed E-state index contributed by atoms with van der Waals surface area (Å²) < 4.78 is 0. The number of benzene rings is 1. The molecule has 1 saturated heterocycles. The molecular weight excluding hydrogens is 411 g/mol. The molecule has 1 aromatic rings. The highest BCUT2D eigenvalue weighted by atomic mass is 127. The van der Waals surface area contributed by atoms with E-state index >= 15 is 0 Å². The van der Waals surface area contributed by atoms with Crippen molar-refractivity contribution in [3.8, 4) is 0 Å². The van der Waals surface area contributed by atoms with Gasteiger partial charge < -0.3 is 10.6 Å². The number of rotatable bonds is 5. The largest absolute Gasteiger partial charge is 0.357 e. The highest BCUT2D eigenvalue weighted by Gasteiger charge is 2.31. The lowest BCUT2D eigenvalue weighted by molar-refractivity contribution is 0.265. The van der Waals surface area contributed by atoms with Gasteiger partial charge in [0, 0.05) is 31.7 Å². The van der Waals surface area contributed by atoms with Gasteiger partial charge in [-0.25, -0.2) is 4.99 Å². The van der Waals surface area contributed by atoms with Crippen molar-refractivity contribution in [1.29, 1.82) is 0 Å². The molecule has 1 aromatic carbocycles. The van der Waals surface area contributed by atoms with Crippen LogP contribution in [-0.2, 0) is 6.54 Å². The fourth-order valence-corrected chi connectivity index (χ4v) is 3.09. The van der Waals surface area contributed by atoms with E-state index in [4.69, 9.17) is 4.99 Å². The summed E-state index contributed by atoms with van der Waals surface area (Å²) in [6.45, 7) is 14.9. The first-order valence-electron chi connectivity index (χ1n) is 8.84. The molecule has 0 radical (unpaired) electrons. The van der Waals surface area contributed by atoms with Crippen LogP contribution in [0.1, 0.15) is 38.8 Å². The maximum Gasteiger partial charge on any atom is 0.191 e. The van der Waals surface area contributed by atoms with Crippen molar-refractivity contribution < 1.29 is 0 Å². The number of hydrogen-bond donors (Lipinski definition) is 2. The summed E-state index contributed by atoms with van der Waals surface area (Å²) in [6.07, 6.45) is 0. The smallest absolute Gasteiger partial charge is 0.191 e. The second-order valence-electron chi connectivity index (χ2n) is 6.96. The van der Waals surface area contributed by atoms with Crippen LogP contribution in [-0.4, -0.2) is 42.6 Å². The number of hydrogen-bond acceptors (Lipinski definition) is 2. The molecule has 0 amide bonds. The summed E-state index contributed by atoms with van der Waals surface area (Å²) in [5, 5.41) is 7.01. The van der Waals surface area contributed by atoms with Crippen LogP contribution in [0.3, 0.4) is 0 Å². The van der Waals surface area contributed by atoms with Gasteiger partial charge in [-0.3, -0.25) is 4.90 Å². The molecule has 0 spiro atoms. The van der Waals surface area contributed by atoms with Crippen LogP contribution in [0, 0.1) is 12.8 Å². The Morgan fingerprint density at radius 2 is 2.08 bits per heavy atom. The van der Waals surface area contributed by atoms with Crippen molar-refractivity contribution in [3.63, 3.8) is 0 Å². The van der Waals surface area contributed by atoms with Gasteiger partial charge in [0.25, 0.3) is 0 Å². The van der Waals surface area contributed by atoms with Crippen LogP contribution in [0.25, 0.3) is 0 Å². The molecule has 4 nitrogen and oxygen atoms in total. The van der Waals surface area contributed by atoms with Gasteiger partial charge in [-0.15, -0.1) is 24.0 Å². The van der Waals surface area contributed by atoms with E-state index in [-0.39, 0.29) is 24.0 Å². The Morgan fingerprint density at radius 3 is 2.67 bits per heavy atom. The van der Waals surface area contributed by atoms with E-state index in [0.29, 0.717) is 24.5 Å². The van der Waals surface area contributed by atoms with Crippen molar-refractivity contribution in [1.82, 2.24) is 15.5 Å². The maximum atomic E-state index is 4.77. The zero-order valence-electron chi connectivity index (χ0n) is 15.7. The van der Waals surface area contributed by atoms with Gasteiger partial charge in [-0.2, -0.15) is 0 Å². The average Bonchev–Trinajstić information content (AvgIpc) is 2.86. The normalized spacial score (nSPS) is 21.7. The Balaban J connectivity index is 0.00000288. The molecule has 0 aromatic heterocycles. The lowest BCUT2D eigenvalue weighted by Gasteiger charge is -2.22. The van der Waals surface area contributed by atoms with Crippen LogP contribution in [0.4, 0.5) is 0 Å². The van der Waals surface area contributed by atoms with E-state index in [9.17, 15) is 0 Å². The molecule has 1 aliphatic heterocycles. The zero-order valence-corrected chi connectivity index (χ0v) is 18.0. The number of nitrogens with one attached hydrogen (secondary N) is 2. The van der Waals surface area contributed by atoms with Gasteiger partial charge >= 0.3 is 0 Å².